The van der Waals surface area contributed by atoms with Crippen LogP contribution >= 0.6 is 28.4 Å². The van der Waals surface area contributed by atoms with E-state index in [4.69, 9.17) is 32.1 Å². The molecule has 4 aliphatic heterocycles. The highest BCUT2D eigenvalue weighted by Gasteiger charge is 2.46. The minimum absolute atomic E-state index is 0.0474. The lowest BCUT2D eigenvalue weighted by atomic mass is 10.2. The van der Waals surface area contributed by atoms with Crippen LogP contribution in [0.2, 0.25) is 0 Å². The number of nitrogens with zero attached hydrogens (tertiary/aromatic N) is 1. The zero-order chi connectivity index (χ0) is 22.7. The summed E-state index contributed by atoms with van der Waals surface area (Å²) in [6.45, 7) is 1.19. The number of hydrogen-bond donors (Lipinski definition) is 1. The lowest BCUT2D eigenvalue weighted by Crippen LogP contribution is -2.45. The highest BCUT2D eigenvalue weighted by Crippen LogP contribution is 2.49. The Kier molecular flexibility index (Phi) is 8.92. The zero-order valence-electron chi connectivity index (χ0n) is 17.1. The van der Waals surface area contributed by atoms with E-state index in [1.807, 2.05) is 0 Å². The molecule has 4 fully saturated rings. The van der Waals surface area contributed by atoms with Crippen molar-refractivity contribution >= 4 is 34.3 Å². The zero-order valence-corrected chi connectivity index (χ0v) is 19.8. The highest BCUT2D eigenvalue weighted by molar-refractivity contribution is 8.41. The fourth-order valence-electron chi connectivity index (χ4n) is 4.00. The van der Waals surface area contributed by atoms with Crippen molar-refractivity contribution in [2.45, 2.75) is 62.3 Å². The van der Waals surface area contributed by atoms with Gasteiger partial charge in [0.15, 0.2) is 0 Å². The van der Waals surface area contributed by atoms with E-state index in [1.165, 1.54) is 0 Å². The number of fused-ring (bicyclic) bond motifs is 3. The van der Waals surface area contributed by atoms with Gasteiger partial charge in [0.25, 0.3) is 0 Å². The van der Waals surface area contributed by atoms with Crippen LogP contribution in [0, 0.1) is 0 Å². The Morgan fingerprint density at radius 2 is 1.91 bits per heavy atom. The first-order valence-corrected chi connectivity index (χ1v) is 13.8. The average molecular weight is 523 g/mol. The van der Waals surface area contributed by atoms with Crippen LogP contribution in [0.15, 0.2) is 0 Å². The number of alkyl halides is 3. The van der Waals surface area contributed by atoms with Crippen LogP contribution in [-0.4, -0.2) is 87.0 Å². The first kappa shape index (κ1) is 25.3. The molecule has 4 heterocycles. The second-order valence-corrected chi connectivity index (χ2v) is 11.0. The molecule has 32 heavy (non-hydrogen) atoms. The summed E-state index contributed by atoms with van der Waals surface area (Å²) in [5.41, 5.74) is 0. The molecule has 0 aliphatic carbocycles. The SMILES string of the molecule is O=C(N1CCC[C@@H]1COP1OCC2OCCC2OP(S)OCC2CC(CO2)O1)C(F)(F)F. The molecule has 0 radical (unpaired) electrons. The minimum Gasteiger partial charge on any atom is -0.373 e. The Morgan fingerprint density at radius 3 is 2.72 bits per heavy atom. The van der Waals surface area contributed by atoms with Gasteiger partial charge >= 0.3 is 20.7 Å². The standard InChI is InChI=1S/C17H26F3NO8P2S/c18-17(19,20)16(22)21-4-1-2-11(21)7-25-30-26-10-15-14(3-5-23-15)29-31(32)27-9-12-6-13(28-30)8-24-12/h11-15,32H,1-10H2/t11-,12?,13?,14?,15?,30?,31?/m1/s1. The topological polar surface area (TPSA) is 84.9 Å². The molecule has 4 aliphatic rings. The van der Waals surface area contributed by atoms with Gasteiger partial charge in [-0.25, -0.2) is 0 Å². The maximum atomic E-state index is 12.9. The monoisotopic (exact) mass is 523 g/mol. The van der Waals surface area contributed by atoms with Crippen molar-refractivity contribution in [2.24, 2.45) is 0 Å². The van der Waals surface area contributed by atoms with E-state index in [-0.39, 0.29) is 44.2 Å². The normalized spacial score (nSPS) is 39.2. The summed E-state index contributed by atoms with van der Waals surface area (Å²) in [5, 5.41) is 0. The third-order valence-electron chi connectivity index (χ3n) is 5.62. The van der Waals surface area contributed by atoms with Crippen molar-refractivity contribution in [3.63, 3.8) is 0 Å². The highest BCUT2D eigenvalue weighted by atomic mass is 32.7. The number of likely N-dealkylation sites (tertiary alicyclic amines) is 1. The molecule has 6 unspecified atom stereocenters. The number of hydrogen-bond acceptors (Lipinski definition) is 9. The van der Waals surface area contributed by atoms with Gasteiger partial charge < -0.3 is 37.0 Å². The van der Waals surface area contributed by atoms with E-state index < -0.39 is 34.3 Å². The molecule has 0 aromatic carbocycles. The lowest BCUT2D eigenvalue weighted by molar-refractivity contribution is -0.186. The summed E-state index contributed by atoms with van der Waals surface area (Å²) in [7, 11) is -3.30. The van der Waals surface area contributed by atoms with Crippen LogP contribution < -0.4 is 0 Å². The molecule has 0 N–H and O–H groups in total. The molecule has 184 valence electrons. The van der Waals surface area contributed by atoms with Crippen LogP contribution in [-0.2, 0) is 36.9 Å². The molecule has 4 rings (SSSR count). The number of amides is 1. The van der Waals surface area contributed by atoms with Gasteiger partial charge in [-0.3, -0.25) is 4.79 Å². The Balaban J connectivity index is 1.38. The molecule has 9 nitrogen and oxygen atoms in total. The Hall–Kier alpha value is 0.190. The van der Waals surface area contributed by atoms with E-state index in [0.717, 1.165) is 4.90 Å². The second-order valence-electron chi connectivity index (χ2n) is 7.90. The molecule has 15 heteroatoms. The van der Waals surface area contributed by atoms with Gasteiger partial charge in [-0.15, -0.1) is 0 Å². The number of halogens is 3. The van der Waals surface area contributed by atoms with Crippen LogP contribution in [0.1, 0.15) is 25.7 Å². The Labute approximate surface area is 191 Å². The van der Waals surface area contributed by atoms with Gasteiger partial charge in [-0.05, 0) is 12.8 Å². The smallest absolute Gasteiger partial charge is 0.373 e. The first-order valence-electron chi connectivity index (χ1n) is 10.4. The number of thiol groups is 1. The quantitative estimate of drug-likeness (QED) is 0.446. The Bertz CT molecular complexity index is 653. The van der Waals surface area contributed by atoms with Gasteiger partial charge in [-0.2, -0.15) is 13.2 Å². The van der Waals surface area contributed by atoms with E-state index in [0.29, 0.717) is 45.5 Å². The number of carbonyl (C=O) groups excluding carboxylic acids is 1. The van der Waals surface area contributed by atoms with E-state index >= 15 is 0 Å². The summed E-state index contributed by atoms with van der Waals surface area (Å²) in [5.74, 6) is -1.84. The average Bonchev–Trinajstić information content (AvgIpc) is 3.48. The molecule has 0 spiro atoms. The fraction of sp³-hybridized carbons (Fsp3) is 0.941. The predicted molar refractivity (Wildman–Crippen MR) is 110 cm³/mol. The summed E-state index contributed by atoms with van der Waals surface area (Å²) in [6.07, 6.45) is -3.92. The lowest BCUT2D eigenvalue weighted by Gasteiger charge is -2.28. The van der Waals surface area contributed by atoms with E-state index in [9.17, 15) is 18.0 Å². The Morgan fingerprint density at radius 1 is 1.06 bits per heavy atom. The van der Waals surface area contributed by atoms with Crippen LogP contribution in [0.25, 0.3) is 0 Å². The molecule has 1 amide bonds. The fourth-order valence-corrected chi connectivity index (χ4v) is 6.54. The third kappa shape index (κ3) is 6.65. The molecular weight excluding hydrogens is 497 g/mol. The summed E-state index contributed by atoms with van der Waals surface area (Å²) < 4.78 is 79.1. The number of carbonyl (C=O) groups is 1. The minimum atomic E-state index is -4.91. The third-order valence-corrected chi connectivity index (χ3v) is 8.26. The van der Waals surface area contributed by atoms with Crippen LogP contribution in [0.5, 0.6) is 0 Å². The summed E-state index contributed by atoms with van der Waals surface area (Å²) >= 11 is 4.38. The van der Waals surface area contributed by atoms with Crippen molar-refractivity contribution in [2.75, 3.05) is 39.6 Å². The van der Waals surface area contributed by atoms with Crippen molar-refractivity contribution in [1.82, 2.24) is 4.90 Å². The van der Waals surface area contributed by atoms with Gasteiger partial charge in [0.05, 0.1) is 50.8 Å². The van der Waals surface area contributed by atoms with Gasteiger partial charge in [-0.1, -0.05) is 12.2 Å². The van der Waals surface area contributed by atoms with Gasteiger partial charge in [0.1, 0.15) is 6.10 Å². The largest absolute Gasteiger partial charge is 0.471 e. The molecule has 0 saturated carbocycles. The van der Waals surface area contributed by atoms with Crippen molar-refractivity contribution in [1.29, 1.82) is 0 Å². The maximum Gasteiger partial charge on any atom is 0.471 e. The van der Waals surface area contributed by atoms with Crippen LogP contribution in [0.4, 0.5) is 13.2 Å². The number of ether oxygens (including phenoxy) is 2. The van der Waals surface area contributed by atoms with E-state index in [1.54, 1.807) is 0 Å². The first-order chi connectivity index (χ1) is 15.3. The molecule has 0 aromatic heterocycles. The molecule has 4 saturated heterocycles. The molecular formula is C17H26F3NO8P2S. The van der Waals surface area contributed by atoms with Gasteiger partial charge in [0, 0.05) is 26.0 Å². The summed E-state index contributed by atoms with van der Waals surface area (Å²) in [6, 6.07) is -0.684. The number of rotatable bonds is 3. The predicted octanol–water partition coefficient (Wildman–Crippen LogP) is 3.33. The maximum absolute atomic E-state index is 12.9. The molecule has 2 bridgehead atoms. The summed E-state index contributed by atoms with van der Waals surface area (Å²) in [4.78, 5) is 12.5. The van der Waals surface area contributed by atoms with Crippen molar-refractivity contribution < 1.29 is 50.1 Å². The van der Waals surface area contributed by atoms with E-state index in [2.05, 4.69) is 12.2 Å². The molecule has 0 aromatic rings. The van der Waals surface area contributed by atoms with Gasteiger partial charge in [0.2, 0.25) is 7.58 Å². The van der Waals surface area contributed by atoms with Crippen molar-refractivity contribution in [3.05, 3.63) is 0 Å². The second kappa shape index (κ2) is 11.3. The molecule has 7 atom stereocenters. The van der Waals surface area contributed by atoms with Crippen LogP contribution in [0.3, 0.4) is 0 Å². The van der Waals surface area contributed by atoms with Crippen molar-refractivity contribution in [3.8, 4) is 0 Å².